The summed E-state index contributed by atoms with van der Waals surface area (Å²) in [6.45, 7) is 7.33. The number of hydrogen-bond donors (Lipinski definition) is 1. The van der Waals surface area contributed by atoms with Gasteiger partial charge in [0.25, 0.3) is 11.5 Å². The average molecular weight is 378 g/mol. The van der Waals surface area contributed by atoms with Gasteiger partial charge < -0.3 is 10.2 Å². The van der Waals surface area contributed by atoms with Gasteiger partial charge in [0.1, 0.15) is 11.2 Å². The van der Waals surface area contributed by atoms with E-state index < -0.39 is 0 Å². The van der Waals surface area contributed by atoms with Gasteiger partial charge in [0, 0.05) is 57.7 Å². The first-order chi connectivity index (χ1) is 12.1. The maximum absolute atomic E-state index is 12.9. The van der Waals surface area contributed by atoms with E-state index >= 15 is 0 Å². The predicted octanol–water partition coefficient (Wildman–Crippen LogP) is 0.544. The van der Waals surface area contributed by atoms with Crippen molar-refractivity contribution in [1.29, 1.82) is 0 Å². The molecular weight excluding hydrogens is 354 g/mol. The molecule has 0 aliphatic carbocycles. The number of aromatic nitrogens is 2. The minimum absolute atomic E-state index is 0. The van der Waals surface area contributed by atoms with Crippen LogP contribution in [-0.4, -0.2) is 70.4 Å². The fourth-order valence-corrected chi connectivity index (χ4v) is 3.84. The van der Waals surface area contributed by atoms with Gasteiger partial charge in [0.2, 0.25) is 0 Å². The molecule has 7 nitrogen and oxygen atoms in total. The molecule has 2 fully saturated rings. The van der Waals surface area contributed by atoms with E-state index in [0.29, 0.717) is 24.8 Å². The van der Waals surface area contributed by atoms with Crippen molar-refractivity contribution < 1.29 is 4.79 Å². The van der Waals surface area contributed by atoms with Crippen LogP contribution < -0.4 is 10.9 Å². The Hall–Kier alpha value is -1.96. The van der Waals surface area contributed by atoms with Crippen LogP contribution in [0.4, 0.5) is 0 Å². The second-order valence-corrected chi connectivity index (χ2v) is 6.84. The van der Waals surface area contributed by atoms with Gasteiger partial charge in [-0.25, -0.2) is 4.98 Å². The maximum atomic E-state index is 12.9. The molecule has 2 saturated heterocycles. The Labute approximate surface area is 158 Å². The van der Waals surface area contributed by atoms with Gasteiger partial charge in [0.05, 0.1) is 0 Å². The number of carbonyl (C=O) groups is 1. The molecule has 2 aliphatic rings. The molecule has 2 aliphatic heterocycles. The Morgan fingerprint density at radius 1 is 1.27 bits per heavy atom. The fourth-order valence-electron chi connectivity index (χ4n) is 3.84. The Morgan fingerprint density at radius 3 is 2.81 bits per heavy atom. The van der Waals surface area contributed by atoms with E-state index in [4.69, 9.17) is 0 Å². The third-order valence-corrected chi connectivity index (χ3v) is 5.28. The molecule has 0 radical (unpaired) electrons. The highest BCUT2D eigenvalue weighted by Gasteiger charge is 2.32. The fraction of sp³-hybridized carbons (Fsp3) is 0.500. The topological polar surface area (TPSA) is 70.0 Å². The monoisotopic (exact) mass is 377 g/mol. The smallest absolute Gasteiger partial charge is 0.270 e. The molecule has 1 unspecified atom stereocenters. The second-order valence-electron chi connectivity index (χ2n) is 6.84. The van der Waals surface area contributed by atoms with Crippen LogP contribution in [0.15, 0.2) is 29.3 Å². The summed E-state index contributed by atoms with van der Waals surface area (Å²) in [5.74, 6) is -0.203. The van der Waals surface area contributed by atoms with Crippen molar-refractivity contribution in [3.05, 3.63) is 46.0 Å². The highest BCUT2D eigenvalue weighted by atomic mass is 35.5. The van der Waals surface area contributed by atoms with Crippen LogP contribution in [0.5, 0.6) is 0 Å². The van der Waals surface area contributed by atoms with Crippen LogP contribution in [0.25, 0.3) is 5.65 Å². The molecule has 140 valence electrons. The lowest BCUT2D eigenvalue weighted by atomic mass is 10.2. The number of halogens is 1. The molecule has 0 aromatic carbocycles. The van der Waals surface area contributed by atoms with E-state index in [1.165, 1.54) is 10.6 Å². The first-order valence-corrected chi connectivity index (χ1v) is 8.86. The first-order valence-electron chi connectivity index (χ1n) is 8.86. The largest absolute Gasteiger partial charge is 0.337 e. The number of nitrogens with zero attached hydrogens (tertiary/aromatic N) is 4. The number of nitrogens with one attached hydrogen (secondary N) is 1. The summed E-state index contributed by atoms with van der Waals surface area (Å²) in [4.78, 5) is 34.2. The van der Waals surface area contributed by atoms with E-state index in [1.54, 1.807) is 17.2 Å². The Morgan fingerprint density at radius 2 is 2.04 bits per heavy atom. The molecule has 8 heteroatoms. The molecule has 4 rings (SSSR count). The Bertz CT molecular complexity index is 862. The lowest BCUT2D eigenvalue weighted by molar-refractivity contribution is 0.0771. The van der Waals surface area contributed by atoms with Gasteiger partial charge in [-0.05, 0) is 25.0 Å². The molecule has 4 heterocycles. The number of piperazine rings is 1. The summed E-state index contributed by atoms with van der Waals surface area (Å²) in [6, 6.07) is 4.10. The van der Waals surface area contributed by atoms with Crippen molar-refractivity contribution in [2.24, 2.45) is 0 Å². The molecule has 1 N–H and O–H groups in total. The van der Waals surface area contributed by atoms with Gasteiger partial charge in [-0.1, -0.05) is 6.07 Å². The predicted molar refractivity (Wildman–Crippen MR) is 102 cm³/mol. The second kappa shape index (κ2) is 7.73. The van der Waals surface area contributed by atoms with Crippen molar-refractivity contribution >= 4 is 24.0 Å². The van der Waals surface area contributed by atoms with E-state index in [0.717, 1.165) is 38.2 Å². The van der Waals surface area contributed by atoms with Crippen LogP contribution in [-0.2, 0) is 0 Å². The summed E-state index contributed by atoms with van der Waals surface area (Å²) in [5, 5.41) is 3.35. The minimum Gasteiger partial charge on any atom is -0.337 e. The van der Waals surface area contributed by atoms with E-state index in [-0.39, 0.29) is 29.4 Å². The van der Waals surface area contributed by atoms with Crippen LogP contribution in [0, 0.1) is 6.92 Å². The molecule has 2 aromatic heterocycles. The van der Waals surface area contributed by atoms with Crippen molar-refractivity contribution in [2.75, 3.05) is 39.3 Å². The van der Waals surface area contributed by atoms with Crippen molar-refractivity contribution in [1.82, 2.24) is 24.5 Å². The van der Waals surface area contributed by atoms with Crippen molar-refractivity contribution in [2.45, 2.75) is 19.4 Å². The first kappa shape index (κ1) is 18.8. The molecular formula is C18H24ClN5O2. The number of rotatable bonds is 2. The number of aryl methyl sites for hydroxylation is 1. The highest BCUT2D eigenvalue weighted by molar-refractivity contribution is 5.94. The quantitative estimate of drug-likeness (QED) is 0.827. The SMILES string of the molecule is Cc1cccn2c(=O)c(C(=O)N3CCC(N4CCNCC4)C3)cnc12.Cl. The third-order valence-electron chi connectivity index (χ3n) is 5.28. The van der Waals surface area contributed by atoms with Crippen molar-refractivity contribution in [3.8, 4) is 0 Å². The van der Waals surface area contributed by atoms with E-state index in [2.05, 4.69) is 15.2 Å². The molecule has 0 spiro atoms. The number of carbonyl (C=O) groups excluding carboxylic acids is 1. The summed E-state index contributed by atoms with van der Waals surface area (Å²) < 4.78 is 1.46. The van der Waals surface area contributed by atoms with Gasteiger partial charge in [0.15, 0.2) is 0 Å². The zero-order chi connectivity index (χ0) is 17.4. The summed E-state index contributed by atoms with van der Waals surface area (Å²) in [5.41, 5.74) is 1.39. The lowest BCUT2D eigenvalue weighted by Gasteiger charge is -2.32. The number of pyridine rings is 1. The number of fused-ring (bicyclic) bond motifs is 1. The number of amides is 1. The van der Waals surface area contributed by atoms with E-state index in [9.17, 15) is 9.59 Å². The van der Waals surface area contributed by atoms with Gasteiger partial charge in [-0.15, -0.1) is 12.4 Å². The van der Waals surface area contributed by atoms with Crippen LogP contribution in [0.2, 0.25) is 0 Å². The summed E-state index contributed by atoms with van der Waals surface area (Å²) in [6.07, 6.45) is 4.07. The molecule has 0 bridgehead atoms. The number of hydrogen-bond acceptors (Lipinski definition) is 5. The number of likely N-dealkylation sites (tertiary alicyclic amines) is 1. The zero-order valence-electron chi connectivity index (χ0n) is 14.9. The summed E-state index contributed by atoms with van der Waals surface area (Å²) >= 11 is 0. The molecule has 0 saturated carbocycles. The highest BCUT2D eigenvalue weighted by Crippen LogP contribution is 2.18. The minimum atomic E-state index is -0.288. The lowest BCUT2D eigenvalue weighted by Crippen LogP contribution is -2.49. The molecule has 1 atom stereocenters. The standard InChI is InChI=1S/C18H23N5O2.ClH/c1-13-3-2-7-23-16(13)20-11-15(18(23)25)17(24)22-8-4-14(12-22)21-9-5-19-6-10-21;/h2-3,7,11,14,19H,4-6,8-10,12H2,1H3;1H. The van der Waals surface area contributed by atoms with Crippen LogP contribution >= 0.6 is 12.4 Å². The normalized spacial score (nSPS) is 21.0. The van der Waals surface area contributed by atoms with Crippen LogP contribution in [0.3, 0.4) is 0 Å². The average Bonchev–Trinajstić information content (AvgIpc) is 3.13. The zero-order valence-corrected chi connectivity index (χ0v) is 15.7. The van der Waals surface area contributed by atoms with E-state index in [1.807, 2.05) is 13.0 Å². The van der Waals surface area contributed by atoms with Crippen molar-refractivity contribution in [3.63, 3.8) is 0 Å². The molecule has 2 aromatic rings. The molecule has 26 heavy (non-hydrogen) atoms. The van der Waals surface area contributed by atoms with Crippen LogP contribution in [0.1, 0.15) is 22.3 Å². The third kappa shape index (κ3) is 3.34. The van der Waals surface area contributed by atoms with Gasteiger partial charge in [-0.3, -0.25) is 18.9 Å². The Balaban J connectivity index is 0.00000196. The molecule has 1 amide bonds. The maximum Gasteiger partial charge on any atom is 0.270 e. The summed E-state index contributed by atoms with van der Waals surface area (Å²) in [7, 11) is 0. The van der Waals surface area contributed by atoms with Gasteiger partial charge in [-0.2, -0.15) is 0 Å². The Kier molecular flexibility index (Phi) is 5.60. The van der Waals surface area contributed by atoms with Gasteiger partial charge >= 0.3 is 0 Å².